The van der Waals surface area contributed by atoms with Crippen LogP contribution in [0.3, 0.4) is 0 Å². The van der Waals surface area contributed by atoms with Gasteiger partial charge in [-0.15, -0.1) is 0 Å². The van der Waals surface area contributed by atoms with Gasteiger partial charge in [-0.2, -0.15) is 0 Å². The number of hydrogen-bond donors (Lipinski definition) is 1. The van der Waals surface area contributed by atoms with Crippen molar-refractivity contribution < 1.29 is 14.3 Å². The number of piperidine rings is 1. The van der Waals surface area contributed by atoms with Crippen molar-refractivity contribution in [2.75, 3.05) is 29.9 Å². The van der Waals surface area contributed by atoms with Gasteiger partial charge in [0.15, 0.2) is 6.61 Å². The van der Waals surface area contributed by atoms with Gasteiger partial charge in [0, 0.05) is 31.2 Å². The molecular weight excluding hydrogens is 392 g/mol. The topological polar surface area (TPSA) is 84.4 Å². The number of hydrogen-bond acceptors (Lipinski definition) is 6. The number of nitrogens with zero attached hydrogens (tertiary/aromatic N) is 3. The fraction of sp³-hybridized carbons (Fsp3) is 0.250. The summed E-state index contributed by atoms with van der Waals surface area (Å²) in [7, 11) is 0. The lowest BCUT2D eigenvalue weighted by Crippen LogP contribution is -2.38. The largest absolute Gasteiger partial charge is 0.455 e. The predicted octanol–water partition coefficient (Wildman–Crippen LogP) is 3.54. The van der Waals surface area contributed by atoms with Crippen LogP contribution in [0.5, 0.6) is 0 Å². The maximum Gasteiger partial charge on any atom is 0.309 e. The van der Waals surface area contributed by atoms with Gasteiger partial charge >= 0.3 is 5.97 Å². The minimum absolute atomic E-state index is 0.203. The number of amides is 1. The fourth-order valence-electron chi connectivity index (χ4n) is 3.63. The van der Waals surface area contributed by atoms with Crippen LogP contribution in [-0.2, 0) is 14.3 Å². The molecule has 0 atom stereocenters. The number of aromatic nitrogens is 2. The van der Waals surface area contributed by atoms with E-state index in [-0.39, 0.29) is 24.4 Å². The van der Waals surface area contributed by atoms with Crippen LogP contribution >= 0.6 is 0 Å². The van der Waals surface area contributed by atoms with Crippen LogP contribution in [-0.4, -0.2) is 41.5 Å². The molecule has 0 radical (unpaired) electrons. The van der Waals surface area contributed by atoms with Gasteiger partial charge in [-0.3, -0.25) is 14.6 Å². The molecule has 1 saturated heterocycles. The van der Waals surface area contributed by atoms with Crippen LogP contribution in [0.2, 0.25) is 0 Å². The van der Waals surface area contributed by atoms with E-state index in [0.717, 1.165) is 16.9 Å². The van der Waals surface area contributed by atoms with Gasteiger partial charge < -0.3 is 15.0 Å². The highest BCUT2D eigenvalue weighted by atomic mass is 16.5. The zero-order valence-electron chi connectivity index (χ0n) is 17.1. The molecule has 4 rings (SSSR count). The Balaban J connectivity index is 1.21. The molecule has 158 valence electrons. The molecule has 0 saturated carbocycles. The van der Waals surface area contributed by atoms with Gasteiger partial charge in [-0.05, 0) is 36.1 Å². The standard InChI is InChI=1S/C24H24N4O3/c29-23(27-21-8-6-19(7-9-21)18-4-2-1-3-5-18)17-31-24(30)20-10-14-28(15-11-20)22-16-25-12-13-26-22/h1-9,12-13,16,20H,10-11,14-15,17H2,(H,27,29). The maximum absolute atomic E-state index is 12.4. The quantitative estimate of drug-likeness (QED) is 0.619. The lowest BCUT2D eigenvalue weighted by atomic mass is 9.97. The monoisotopic (exact) mass is 416 g/mol. The van der Waals surface area contributed by atoms with Crippen molar-refractivity contribution in [1.82, 2.24) is 9.97 Å². The average molecular weight is 416 g/mol. The van der Waals surface area contributed by atoms with Gasteiger partial charge in [0.05, 0.1) is 12.1 Å². The smallest absolute Gasteiger partial charge is 0.309 e. The van der Waals surface area contributed by atoms with Crippen LogP contribution in [0.1, 0.15) is 12.8 Å². The highest BCUT2D eigenvalue weighted by Gasteiger charge is 2.27. The Hall–Kier alpha value is -3.74. The Morgan fingerprint density at radius 3 is 2.35 bits per heavy atom. The van der Waals surface area contributed by atoms with Crippen LogP contribution in [0.15, 0.2) is 73.2 Å². The first-order valence-electron chi connectivity index (χ1n) is 10.3. The molecule has 2 aromatic carbocycles. The Morgan fingerprint density at radius 2 is 1.68 bits per heavy atom. The number of rotatable bonds is 6. The highest BCUT2D eigenvalue weighted by Crippen LogP contribution is 2.23. The summed E-state index contributed by atoms with van der Waals surface area (Å²) in [6, 6.07) is 17.6. The first-order chi connectivity index (χ1) is 15.2. The Morgan fingerprint density at radius 1 is 0.968 bits per heavy atom. The number of anilines is 2. The molecule has 0 spiro atoms. The van der Waals surface area contributed by atoms with Crippen molar-refractivity contribution in [3.8, 4) is 11.1 Å². The molecule has 1 aromatic heterocycles. The van der Waals surface area contributed by atoms with E-state index in [4.69, 9.17) is 4.74 Å². The molecule has 1 aliphatic heterocycles. The van der Waals surface area contributed by atoms with Gasteiger partial charge in [0.2, 0.25) is 0 Å². The van der Waals surface area contributed by atoms with E-state index in [1.807, 2.05) is 54.6 Å². The zero-order valence-corrected chi connectivity index (χ0v) is 17.1. The molecule has 2 heterocycles. The molecule has 7 nitrogen and oxygen atoms in total. The molecular formula is C24H24N4O3. The lowest BCUT2D eigenvalue weighted by Gasteiger charge is -2.31. The second-order valence-corrected chi connectivity index (χ2v) is 7.42. The van der Waals surface area contributed by atoms with Crippen molar-refractivity contribution >= 4 is 23.4 Å². The second-order valence-electron chi connectivity index (χ2n) is 7.42. The summed E-state index contributed by atoms with van der Waals surface area (Å²) in [5, 5.41) is 2.77. The number of carbonyl (C=O) groups is 2. The van der Waals surface area contributed by atoms with Crippen molar-refractivity contribution in [2.24, 2.45) is 5.92 Å². The van der Waals surface area contributed by atoms with Gasteiger partial charge in [0.25, 0.3) is 5.91 Å². The number of esters is 1. The van der Waals surface area contributed by atoms with Gasteiger partial charge in [-0.1, -0.05) is 42.5 Å². The van der Waals surface area contributed by atoms with Crippen molar-refractivity contribution in [3.63, 3.8) is 0 Å². The lowest BCUT2D eigenvalue weighted by molar-refractivity contribution is -0.152. The molecule has 1 amide bonds. The Kier molecular flexibility index (Phi) is 6.52. The Bertz CT molecular complexity index is 1000. The fourth-order valence-corrected chi connectivity index (χ4v) is 3.63. The first-order valence-corrected chi connectivity index (χ1v) is 10.3. The number of benzene rings is 2. The molecule has 31 heavy (non-hydrogen) atoms. The number of nitrogens with one attached hydrogen (secondary N) is 1. The summed E-state index contributed by atoms with van der Waals surface area (Å²) in [4.78, 5) is 35.0. The van der Waals surface area contributed by atoms with E-state index in [0.29, 0.717) is 31.6 Å². The molecule has 3 aromatic rings. The molecule has 1 aliphatic rings. The summed E-state index contributed by atoms with van der Waals surface area (Å²) in [5.74, 6) is -0.0657. The van der Waals surface area contributed by atoms with Crippen molar-refractivity contribution in [2.45, 2.75) is 12.8 Å². The molecule has 0 unspecified atom stereocenters. The predicted molar refractivity (Wildman–Crippen MR) is 118 cm³/mol. The summed E-state index contributed by atoms with van der Waals surface area (Å²) < 4.78 is 5.25. The third-order valence-corrected chi connectivity index (χ3v) is 5.32. The van der Waals surface area contributed by atoms with E-state index in [1.165, 1.54) is 0 Å². The first kappa shape index (κ1) is 20.5. The highest BCUT2D eigenvalue weighted by molar-refractivity contribution is 5.93. The van der Waals surface area contributed by atoms with Gasteiger partial charge in [-0.25, -0.2) is 4.98 Å². The molecule has 7 heteroatoms. The normalized spacial score (nSPS) is 14.1. The van der Waals surface area contributed by atoms with E-state index in [1.54, 1.807) is 18.6 Å². The second kappa shape index (κ2) is 9.84. The molecule has 0 aliphatic carbocycles. The molecule has 1 fully saturated rings. The summed E-state index contributed by atoms with van der Waals surface area (Å²) in [6.07, 6.45) is 6.34. The molecule has 1 N–H and O–H groups in total. The van der Waals surface area contributed by atoms with Crippen molar-refractivity contribution in [1.29, 1.82) is 0 Å². The van der Waals surface area contributed by atoms with E-state index in [9.17, 15) is 9.59 Å². The summed E-state index contributed by atoms with van der Waals surface area (Å²) >= 11 is 0. The third-order valence-electron chi connectivity index (χ3n) is 5.32. The zero-order chi connectivity index (χ0) is 21.5. The average Bonchev–Trinajstić information content (AvgIpc) is 2.84. The third kappa shape index (κ3) is 5.45. The van der Waals surface area contributed by atoms with Crippen LogP contribution < -0.4 is 10.2 Å². The van der Waals surface area contributed by atoms with E-state index in [2.05, 4.69) is 20.2 Å². The van der Waals surface area contributed by atoms with Crippen LogP contribution in [0.4, 0.5) is 11.5 Å². The molecule has 0 bridgehead atoms. The Labute approximate surface area is 181 Å². The SMILES string of the molecule is O=C(COC(=O)C1CCN(c2cnccn2)CC1)Nc1ccc(-c2ccccc2)cc1. The van der Waals surface area contributed by atoms with Crippen LogP contribution in [0.25, 0.3) is 11.1 Å². The number of carbonyl (C=O) groups excluding carboxylic acids is 2. The van der Waals surface area contributed by atoms with Crippen molar-refractivity contribution in [3.05, 3.63) is 73.2 Å². The summed E-state index contributed by atoms with van der Waals surface area (Å²) in [5.41, 5.74) is 2.84. The minimum Gasteiger partial charge on any atom is -0.455 e. The number of ether oxygens (including phenoxy) is 1. The van der Waals surface area contributed by atoms with E-state index < -0.39 is 0 Å². The van der Waals surface area contributed by atoms with Crippen LogP contribution in [0, 0.1) is 5.92 Å². The minimum atomic E-state index is -0.349. The van der Waals surface area contributed by atoms with Gasteiger partial charge in [0.1, 0.15) is 5.82 Å². The maximum atomic E-state index is 12.4. The summed E-state index contributed by atoms with van der Waals surface area (Å²) in [6.45, 7) is 1.13. The van der Waals surface area contributed by atoms with E-state index >= 15 is 0 Å².